The molecular weight excluding hydrogens is 645 g/mol. The summed E-state index contributed by atoms with van der Waals surface area (Å²) in [6.07, 6.45) is 0. The average Bonchev–Trinajstić information content (AvgIpc) is 2.58. The van der Waals surface area contributed by atoms with Crippen LogP contribution in [0.2, 0.25) is 20.1 Å². The summed E-state index contributed by atoms with van der Waals surface area (Å²) in [5, 5.41) is 13.7. The van der Waals surface area contributed by atoms with E-state index in [0.29, 0.717) is 27.4 Å². The third-order valence-electron chi connectivity index (χ3n) is 2.21. The molecule has 0 fully saturated rings. The Kier molecular flexibility index (Phi) is 25.7. The minimum absolute atomic E-state index is 0. The van der Waals surface area contributed by atoms with Crippen molar-refractivity contribution < 1.29 is 44.9 Å². The van der Waals surface area contributed by atoms with Crippen molar-refractivity contribution in [3.63, 3.8) is 0 Å². The van der Waals surface area contributed by atoms with Crippen LogP contribution in [0.1, 0.15) is 0 Å². The quantitative estimate of drug-likeness (QED) is 0.368. The predicted octanol–water partition coefficient (Wildman–Crippen LogP) is 5.07. The maximum atomic E-state index is 8.85. The summed E-state index contributed by atoms with van der Waals surface area (Å²) in [5.74, 6) is 0.724. The predicted molar refractivity (Wildman–Crippen MR) is 123 cm³/mol. The Labute approximate surface area is 227 Å². The molecule has 0 spiro atoms. The molecule has 0 aromatic heterocycles. The molecule has 0 bridgehead atoms. The Morgan fingerprint density at radius 1 is 0.778 bits per heavy atom. The Bertz CT molecular complexity index is 638. The number of alkyl halides is 3. The fourth-order valence-electron chi connectivity index (χ4n) is 1.22. The minimum Gasteiger partial charge on any atom is -0.870 e. The van der Waals surface area contributed by atoms with Gasteiger partial charge in [0.2, 0.25) is 0 Å². The minimum atomic E-state index is 0. The summed E-state index contributed by atoms with van der Waals surface area (Å²) < 4.78 is 5.30. The van der Waals surface area contributed by atoms with Crippen LogP contribution in [0.15, 0.2) is 36.4 Å². The SMILES string of the molecule is BrCCBr.Clc1ccc(OCCBr)c(Cl)c1.Oc1ccc(Cl)cc1Cl.[Na+].[OH-]. The Morgan fingerprint density at radius 2 is 1.26 bits per heavy atom. The third-order valence-corrected chi connectivity index (χ3v) is 5.46. The van der Waals surface area contributed by atoms with Crippen LogP contribution in [-0.4, -0.2) is 33.2 Å². The van der Waals surface area contributed by atoms with Gasteiger partial charge in [-0.15, -0.1) is 0 Å². The average molecular weight is 661 g/mol. The van der Waals surface area contributed by atoms with Gasteiger partial charge in [-0.2, -0.15) is 0 Å². The molecule has 0 saturated carbocycles. The van der Waals surface area contributed by atoms with E-state index in [1.165, 1.54) is 12.1 Å². The zero-order chi connectivity index (χ0) is 19.2. The largest absolute Gasteiger partial charge is 1.00 e. The standard InChI is InChI=1S/C8H7BrCl2O.C6H4Cl2O.C2H4Br2.Na.H2O/c9-3-4-12-8-2-1-6(10)5-7(8)11;7-4-1-2-6(9)5(8)3-4;3-1-2-4;;/h1-2,5H,3-4H2;1-3,9H;1-2H2;;1H2/q;;;+1;/p-1. The molecule has 0 atom stereocenters. The first-order chi connectivity index (χ1) is 11.8. The molecule has 2 N–H and O–H groups in total. The van der Waals surface area contributed by atoms with Gasteiger partial charge in [-0.1, -0.05) is 94.2 Å². The van der Waals surface area contributed by atoms with Crippen LogP contribution in [0.3, 0.4) is 0 Å². The van der Waals surface area contributed by atoms with Gasteiger partial charge in [0.1, 0.15) is 11.5 Å². The van der Waals surface area contributed by atoms with Gasteiger partial charge >= 0.3 is 29.6 Å². The zero-order valence-corrected chi connectivity index (χ0v) is 24.0. The van der Waals surface area contributed by atoms with Crippen molar-refractivity contribution in [3.05, 3.63) is 56.5 Å². The van der Waals surface area contributed by atoms with Crippen LogP contribution in [0.4, 0.5) is 0 Å². The van der Waals surface area contributed by atoms with Crippen molar-refractivity contribution in [3.8, 4) is 11.5 Å². The molecule has 0 amide bonds. The second-order valence-corrected chi connectivity index (χ2v) is 8.15. The Hall–Kier alpha value is 1.60. The van der Waals surface area contributed by atoms with E-state index in [0.717, 1.165) is 16.0 Å². The number of hydrogen-bond donors (Lipinski definition) is 1. The second kappa shape index (κ2) is 20.9. The van der Waals surface area contributed by atoms with Gasteiger partial charge in [0.15, 0.2) is 0 Å². The molecule has 0 radical (unpaired) electrons. The number of aromatic hydroxyl groups is 1. The van der Waals surface area contributed by atoms with E-state index in [1.807, 2.05) is 0 Å². The van der Waals surface area contributed by atoms with Crippen LogP contribution in [0, 0.1) is 0 Å². The first kappa shape index (κ1) is 33.2. The summed E-state index contributed by atoms with van der Waals surface area (Å²) in [4.78, 5) is 0. The van der Waals surface area contributed by atoms with Crippen molar-refractivity contribution in [2.24, 2.45) is 0 Å². The fourth-order valence-corrected chi connectivity index (χ4v) is 2.26. The van der Waals surface area contributed by atoms with Crippen molar-refractivity contribution in [2.75, 3.05) is 22.6 Å². The van der Waals surface area contributed by atoms with E-state index in [1.54, 1.807) is 24.3 Å². The maximum absolute atomic E-state index is 8.85. The molecule has 148 valence electrons. The molecule has 2 aromatic carbocycles. The Morgan fingerprint density at radius 3 is 1.63 bits per heavy atom. The number of rotatable bonds is 4. The zero-order valence-electron chi connectivity index (χ0n) is 14.2. The summed E-state index contributed by atoms with van der Waals surface area (Å²) in [5.41, 5.74) is 0. The number of benzene rings is 2. The van der Waals surface area contributed by atoms with E-state index in [9.17, 15) is 0 Å². The molecule has 11 heteroatoms. The first-order valence-corrected chi connectivity index (χ1v) is 11.6. The van der Waals surface area contributed by atoms with Gasteiger partial charge in [0.05, 0.1) is 16.7 Å². The molecule has 0 saturated heterocycles. The molecule has 0 aliphatic heterocycles. The fraction of sp³-hybridized carbons (Fsp3) is 0.250. The maximum Gasteiger partial charge on any atom is 1.00 e. The summed E-state index contributed by atoms with van der Waals surface area (Å²) >= 11 is 32.2. The van der Waals surface area contributed by atoms with Crippen LogP contribution in [0.25, 0.3) is 0 Å². The molecule has 0 heterocycles. The molecule has 0 unspecified atom stereocenters. The second-order valence-electron chi connectivity index (χ2n) is 4.09. The van der Waals surface area contributed by atoms with Crippen molar-refractivity contribution in [2.45, 2.75) is 0 Å². The first-order valence-electron chi connectivity index (χ1n) is 6.75. The number of phenolic OH excluding ortho intramolecular Hbond substituents is 1. The number of hydrogen-bond acceptors (Lipinski definition) is 3. The van der Waals surface area contributed by atoms with Crippen LogP contribution < -0.4 is 34.3 Å². The van der Waals surface area contributed by atoms with Gasteiger partial charge in [-0.05, 0) is 36.4 Å². The Balaban J connectivity index is -0.000000343. The molecule has 0 aliphatic carbocycles. The third kappa shape index (κ3) is 17.0. The summed E-state index contributed by atoms with van der Waals surface area (Å²) in [6, 6.07) is 9.67. The topological polar surface area (TPSA) is 59.5 Å². The monoisotopic (exact) mass is 656 g/mol. The molecule has 3 nitrogen and oxygen atoms in total. The van der Waals surface area contributed by atoms with Gasteiger partial charge in [-0.25, -0.2) is 0 Å². The molecule has 2 aromatic rings. The van der Waals surface area contributed by atoms with Crippen LogP contribution in [0.5, 0.6) is 11.5 Å². The van der Waals surface area contributed by atoms with Crippen LogP contribution in [-0.2, 0) is 0 Å². The summed E-state index contributed by atoms with van der Waals surface area (Å²) in [6.45, 7) is 0.599. The van der Waals surface area contributed by atoms with Gasteiger partial charge in [-0.3, -0.25) is 0 Å². The normalized spacial score (nSPS) is 8.70. The number of halogens is 7. The molecular formula is C16H16Br3Cl4NaO3. The van der Waals surface area contributed by atoms with E-state index in [4.69, 9.17) is 56.2 Å². The van der Waals surface area contributed by atoms with Crippen molar-refractivity contribution in [1.29, 1.82) is 0 Å². The van der Waals surface area contributed by atoms with E-state index in [-0.39, 0.29) is 45.8 Å². The smallest absolute Gasteiger partial charge is 0.870 e. The summed E-state index contributed by atoms with van der Waals surface area (Å²) in [7, 11) is 0. The van der Waals surface area contributed by atoms with Crippen molar-refractivity contribution >= 4 is 94.2 Å². The molecule has 27 heavy (non-hydrogen) atoms. The van der Waals surface area contributed by atoms with Gasteiger partial charge in [0, 0.05) is 26.0 Å². The van der Waals surface area contributed by atoms with E-state index >= 15 is 0 Å². The van der Waals surface area contributed by atoms with Gasteiger partial charge in [0.25, 0.3) is 0 Å². The van der Waals surface area contributed by atoms with Crippen molar-refractivity contribution in [1.82, 2.24) is 0 Å². The van der Waals surface area contributed by atoms with E-state index < -0.39 is 0 Å². The number of phenols is 1. The molecule has 2 rings (SSSR count). The van der Waals surface area contributed by atoms with E-state index in [2.05, 4.69) is 47.8 Å². The number of ether oxygens (including phenoxy) is 1. The van der Waals surface area contributed by atoms with Gasteiger partial charge < -0.3 is 15.3 Å². The van der Waals surface area contributed by atoms with Crippen LogP contribution >= 0.6 is 94.2 Å². The molecule has 0 aliphatic rings.